The van der Waals surface area contributed by atoms with Crippen molar-refractivity contribution in [1.82, 2.24) is 0 Å². The maximum absolute atomic E-state index is 12.1. The van der Waals surface area contributed by atoms with E-state index in [1.54, 1.807) is 13.0 Å². The van der Waals surface area contributed by atoms with Gasteiger partial charge in [-0.15, -0.1) is 0 Å². The molecule has 0 amide bonds. The van der Waals surface area contributed by atoms with Crippen molar-refractivity contribution >= 4 is 5.78 Å². The smallest absolute Gasteiger partial charge is 0.187 e. The van der Waals surface area contributed by atoms with E-state index in [-0.39, 0.29) is 17.1 Å². The lowest BCUT2D eigenvalue weighted by atomic mass is 9.66. The zero-order valence-corrected chi connectivity index (χ0v) is 27.5. The lowest BCUT2D eigenvalue weighted by Crippen LogP contribution is -2.65. The van der Waals surface area contributed by atoms with Gasteiger partial charge in [-0.2, -0.15) is 0 Å². The molecule has 0 aromatic rings. The molecule has 3 aliphatic heterocycles. The van der Waals surface area contributed by atoms with Gasteiger partial charge in [-0.05, 0) is 44.1 Å². The largest absolute Gasteiger partial charge is 0.394 e. The fraction of sp³-hybridized carbons (Fsp3) is 0.903. The molecule has 0 aromatic carbocycles. The molecule has 1 aliphatic carbocycles. The summed E-state index contributed by atoms with van der Waals surface area (Å²) in [6.07, 6.45) is -21.5. The third-order valence-corrected chi connectivity index (χ3v) is 9.80. The Kier molecular flexibility index (Phi) is 13.5. The molecule has 0 radical (unpaired) electrons. The van der Waals surface area contributed by atoms with Crippen LogP contribution in [0.5, 0.6) is 0 Å². The molecule has 4 rings (SSSR count). The standard InChI is InChI=1S/C31H52O17/c1-12-7-14(34)8-31(3,4)15(12)6-5-13(2)44-30-27(48-29-26(42)23(39)20(36)17(10-33)46-29)24(40)21(37)18(47-30)11-43-28-25(41)22(38)19(35)16(9-32)45-28/h7,13,15-30,32-33,35-42H,5-6,8-11H2,1-4H3/t13?,15?,16-,17-,18-,19-,20-,21-,22+,23+,24+,25-,26-,27-,28-,29+,30-/m1/s1. The summed E-state index contributed by atoms with van der Waals surface area (Å²) in [6, 6.07) is 0. The molecule has 17 nitrogen and oxygen atoms in total. The van der Waals surface area contributed by atoms with E-state index in [4.69, 9.17) is 28.4 Å². The highest BCUT2D eigenvalue weighted by atomic mass is 16.8. The first-order chi connectivity index (χ1) is 22.5. The summed E-state index contributed by atoms with van der Waals surface area (Å²) in [7, 11) is 0. The molecule has 2 unspecified atom stereocenters. The van der Waals surface area contributed by atoms with Crippen molar-refractivity contribution < 1.29 is 84.3 Å². The number of hydrogen-bond donors (Lipinski definition) is 10. The highest BCUT2D eigenvalue weighted by Crippen LogP contribution is 2.42. The Bertz CT molecular complexity index is 1080. The van der Waals surface area contributed by atoms with Crippen molar-refractivity contribution in [3.63, 3.8) is 0 Å². The second-order valence-electron chi connectivity index (χ2n) is 13.9. The average molecular weight is 697 g/mol. The summed E-state index contributed by atoms with van der Waals surface area (Å²) in [5.41, 5.74) is 0.656. The molecule has 3 fully saturated rings. The summed E-state index contributed by atoms with van der Waals surface area (Å²) in [5, 5.41) is 103. The number of hydrogen-bond acceptors (Lipinski definition) is 17. The highest BCUT2D eigenvalue weighted by Gasteiger charge is 2.52. The van der Waals surface area contributed by atoms with Crippen LogP contribution >= 0.6 is 0 Å². The van der Waals surface area contributed by atoms with Crippen LogP contribution in [0.4, 0.5) is 0 Å². The van der Waals surface area contributed by atoms with Gasteiger partial charge in [-0.25, -0.2) is 0 Å². The zero-order valence-electron chi connectivity index (χ0n) is 27.5. The second kappa shape index (κ2) is 16.4. The van der Waals surface area contributed by atoms with E-state index in [1.807, 2.05) is 20.8 Å². The Labute approximate surface area is 278 Å². The number of rotatable bonds is 12. The van der Waals surface area contributed by atoms with E-state index in [0.717, 1.165) is 5.57 Å². The van der Waals surface area contributed by atoms with Crippen LogP contribution in [0.3, 0.4) is 0 Å². The molecule has 0 spiro atoms. The Morgan fingerprint density at radius 2 is 1.29 bits per heavy atom. The minimum Gasteiger partial charge on any atom is -0.394 e. The van der Waals surface area contributed by atoms with Gasteiger partial charge < -0.3 is 79.5 Å². The summed E-state index contributed by atoms with van der Waals surface area (Å²) >= 11 is 0. The van der Waals surface area contributed by atoms with Crippen LogP contribution in [0.25, 0.3) is 0 Å². The third-order valence-electron chi connectivity index (χ3n) is 9.80. The van der Waals surface area contributed by atoms with E-state index in [0.29, 0.717) is 19.3 Å². The molecular formula is C31H52O17. The Hall–Kier alpha value is -1.23. The first kappa shape index (κ1) is 39.6. The minimum absolute atomic E-state index is 0.0614. The van der Waals surface area contributed by atoms with Crippen LogP contribution in [0, 0.1) is 11.3 Å². The molecule has 10 N–H and O–H groups in total. The van der Waals surface area contributed by atoms with Crippen molar-refractivity contribution in [3.8, 4) is 0 Å². The molecule has 0 bridgehead atoms. The lowest BCUT2D eigenvalue weighted by Gasteiger charge is -2.47. The minimum atomic E-state index is -1.83. The number of carbonyl (C=O) groups excluding carboxylic acids is 1. The molecule has 3 saturated heterocycles. The zero-order chi connectivity index (χ0) is 35.7. The van der Waals surface area contributed by atoms with Crippen molar-refractivity contribution in [2.45, 2.75) is 145 Å². The van der Waals surface area contributed by atoms with Crippen LogP contribution in [0.1, 0.15) is 47.0 Å². The number of carbonyl (C=O) groups is 1. The van der Waals surface area contributed by atoms with E-state index >= 15 is 0 Å². The summed E-state index contributed by atoms with van der Waals surface area (Å²) in [5.74, 6) is 0.133. The number of ether oxygens (including phenoxy) is 6. The van der Waals surface area contributed by atoms with E-state index in [1.165, 1.54) is 0 Å². The summed E-state index contributed by atoms with van der Waals surface area (Å²) in [6.45, 7) is 5.71. The number of ketones is 1. The molecule has 17 atom stereocenters. The third kappa shape index (κ3) is 8.62. The average Bonchev–Trinajstić information content (AvgIpc) is 3.02. The lowest BCUT2D eigenvalue weighted by molar-refractivity contribution is -0.376. The SMILES string of the molecule is CC1=CC(=O)CC(C)(C)C1CCC(C)O[C@@H]1O[C@H](CO[C@@H]2O[C@H](CO)[C@@H](O)[C@H](O)[C@H]2O)[C@@H](O)[C@H](O)[C@H]1O[C@@H]1O[C@H](CO)[C@@H](O)[C@H](O)[C@H]1O. The predicted octanol–water partition coefficient (Wildman–Crippen LogP) is -3.82. The van der Waals surface area contributed by atoms with Gasteiger partial charge in [0.25, 0.3) is 0 Å². The first-order valence-electron chi connectivity index (χ1n) is 16.3. The Morgan fingerprint density at radius 3 is 1.85 bits per heavy atom. The van der Waals surface area contributed by atoms with E-state index < -0.39 is 118 Å². The molecule has 3 heterocycles. The fourth-order valence-electron chi connectivity index (χ4n) is 6.94. The Balaban J connectivity index is 1.50. The molecule has 17 heteroatoms. The number of aliphatic hydroxyl groups excluding tert-OH is 10. The molecule has 0 aromatic heterocycles. The van der Waals surface area contributed by atoms with Gasteiger partial charge in [0.15, 0.2) is 24.7 Å². The highest BCUT2D eigenvalue weighted by molar-refractivity contribution is 5.91. The molecule has 278 valence electrons. The normalized spacial score (nSPS) is 45.9. The van der Waals surface area contributed by atoms with Gasteiger partial charge >= 0.3 is 0 Å². The summed E-state index contributed by atoms with van der Waals surface area (Å²) < 4.78 is 34.3. The molecule has 48 heavy (non-hydrogen) atoms. The molecule has 4 aliphatic rings. The maximum atomic E-state index is 12.1. The van der Waals surface area contributed by atoms with Crippen LogP contribution in [0.15, 0.2) is 11.6 Å². The van der Waals surface area contributed by atoms with Crippen molar-refractivity contribution in [3.05, 3.63) is 11.6 Å². The molecular weight excluding hydrogens is 644 g/mol. The van der Waals surface area contributed by atoms with E-state index in [9.17, 15) is 55.9 Å². The van der Waals surface area contributed by atoms with Crippen LogP contribution < -0.4 is 0 Å². The quantitative estimate of drug-likeness (QED) is 0.0936. The van der Waals surface area contributed by atoms with Crippen molar-refractivity contribution in [2.24, 2.45) is 11.3 Å². The second-order valence-corrected chi connectivity index (χ2v) is 13.9. The predicted molar refractivity (Wildman–Crippen MR) is 159 cm³/mol. The number of aliphatic hydroxyl groups is 10. The van der Waals surface area contributed by atoms with E-state index in [2.05, 4.69) is 0 Å². The van der Waals surface area contributed by atoms with Gasteiger partial charge in [0, 0.05) is 6.42 Å². The summed E-state index contributed by atoms with van der Waals surface area (Å²) in [4.78, 5) is 12.1. The van der Waals surface area contributed by atoms with Gasteiger partial charge in [-0.3, -0.25) is 4.79 Å². The topological polar surface area (TPSA) is 275 Å². The van der Waals surface area contributed by atoms with Gasteiger partial charge in [0.2, 0.25) is 0 Å². The van der Waals surface area contributed by atoms with Crippen molar-refractivity contribution in [2.75, 3.05) is 19.8 Å². The van der Waals surface area contributed by atoms with Crippen LogP contribution in [-0.2, 0) is 33.2 Å². The number of allylic oxidation sites excluding steroid dienone is 2. The maximum Gasteiger partial charge on any atom is 0.187 e. The van der Waals surface area contributed by atoms with Crippen LogP contribution in [-0.4, -0.2) is 175 Å². The van der Waals surface area contributed by atoms with Gasteiger partial charge in [0.1, 0.15) is 73.2 Å². The van der Waals surface area contributed by atoms with Crippen LogP contribution in [0.2, 0.25) is 0 Å². The van der Waals surface area contributed by atoms with Gasteiger partial charge in [-0.1, -0.05) is 19.4 Å². The monoisotopic (exact) mass is 696 g/mol. The first-order valence-corrected chi connectivity index (χ1v) is 16.3. The van der Waals surface area contributed by atoms with Gasteiger partial charge in [0.05, 0.1) is 25.9 Å². The van der Waals surface area contributed by atoms with Crippen molar-refractivity contribution in [1.29, 1.82) is 0 Å². The molecule has 0 saturated carbocycles. The Morgan fingerprint density at radius 1 is 0.771 bits per heavy atom. The fourth-order valence-corrected chi connectivity index (χ4v) is 6.94.